The number of benzene rings is 2. The molecule has 0 spiro atoms. The smallest absolute Gasteiger partial charge is 0.197 e. The van der Waals surface area contributed by atoms with Crippen LogP contribution in [0.25, 0.3) is 0 Å². The molecular formula is C16H17N3. The Morgan fingerprint density at radius 1 is 1.05 bits per heavy atom. The zero-order valence-electron chi connectivity index (χ0n) is 11.0. The number of guanidine groups is 1. The van der Waals surface area contributed by atoms with Gasteiger partial charge in [0.05, 0.1) is 11.7 Å². The van der Waals surface area contributed by atoms with Gasteiger partial charge < -0.3 is 10.6 Å². The van der Waals surface area contributed by atoms with Gasteiger partial charge >= 0.3 is 0 Å². The number of hydrogen-bond acceptors (Lipinski definition) is 3. The van der Waals surface area contributed by atoms with Crippen molar-refractivity contribution in [2.75, 3.05) is 0 Å². The Kier molecular flexibility index (Phi) is 2.95. The highest BCUT2D eigenvalue weighted by atomic mass is 15.3. The number of para-hydroxylation sites is 1. The largest absolute Gasteiger partial charge is 0.369 e. The first-order valence-electron chi connectivity index (χ1n) is 6.49. The van der Waals surface area contributed by atoms with Crippen LogP contribution in [0.3, 0.4) is 0 Å². The Labute approximate surface area is 113 Å². The quantitative estimate of drug-likeness (QED) is 0.890. The maximum Gasteiger partial charge on any atom is 0.197 e. The average molecular weight is 251 g/mol. The van der Waals surface area contributed by atoms with Gasteiger partial charge in [-0.25, -0.2) is 4.99 Å². The number of rotatable bonds is 2. The molecular weight excluding hydrogens is 234 g/mol. The monoisotopic (exact) mass is 251 g/mol. The van der Waals surface area contributed by atoms with Crippen LogP contribution in [0.1, 0.15) is 24.1 Å². The molecule has 0 bridgehead atoms. The first-order valence-corrected chi connectivity index (χ1v) is 6.49. The normalized spacial score (nSPS) is 15.6. The summed E-state index contributed by atoms with van der Waals surface area (Å²) in [6.45, 7) is 2.97. The van der Waals surface area contributed by atoms with Crippen LogP contribution in [-0.2, 0) is 6.54 Å². The number of aliphatic imine (C=N–C) groups is 1. The van der Waals surface area contributed by atoms with E-state index in [-0.39, 0.29) is 6.04 Å². The minimum absolute atomic E-state index is 0.221. The van der Waals surface area contributed by atoms with Crippen molar-refractivity contribution in [2.24, 2.45) is 10.7 Å². The third kappa shape index (κ3) is 2.19. The topological polar surface area (TPSA) is 41.6 Å². The zero-order chi connectivity index (χ0) is 13.2. The summed E-state index contributed by atoms with van der Waals surface area (Å²) in [5, 5.41) is 0. The molecule has 3 rings (SSSR count). The van der Waals surface area contributed by atoms with Crippen molar-refractivity contribution in [3.05, 3.63) is 65.7 Å². The molecule has 0 aromatic heterocycles. The Hall–Kier alpha value is -2.29. The van der Waals surface area contributed by atoms with Gasteiger partial charge in [-0.1, -0.05) is 48.5 Å². The van der Waals surface area contributed by atoms with E-state index in [0.717, 1.165) is 12.2 Å². The first kappa shape index (κ1) is 11.8. The molecule has 0 saturated heterocycles. The fourth-order valence-corrected chi connectivity index (χ4v) is 2.45. The van der Waals surface area contributed by atoms with Crippen LogP contribution in [0.4, 0.5) is 5.69 Å². The molecule has 2 N–H and O–H groups in total. The summed E-state index contributed by atoms with van der Waals surface area (Å²) < 4.78 is 0. The number of nitrogens with two attached hydrogens (primary N) is 1. The van der Waals surface area contributed by atoms with Gasteiger partial charge in [0.15, 0.2) is 5.96 Å². The van der Waals surface area contributed by atoms with E-state index in [1.165, 1.54) is 11.1 Å². The standard InChI is InChI=1S/C16H17N3/c1-12(13-7-3-2-4-8-13)19-11-14-9-5-6-10-15(14)18-16(19)17/h2-10,12H,11H2,1H3,(H2,17,18)/t12-/m1/s1. The fraction of sp³-hybridized carbons (Fsp3) is 0.188. The van der Waals surface area contributed by atoms with E-state index in [1.54, 1.807) is 0 Å². The van der Waals surface area contributed by atoms with Gasteiger partial charge in [0, 0.05) is 6.54 Å². The van der Waals surface area contributed by atoms with E-state index in [0.29, 0.717) is 5.96 Å². The summed E-state index contributed by atoms with van der Waals surface area (Å²) in [7, 11) is 0. The molecule has 1 aliphatic rings. The van der Waals surface area contributed by atoms with Crippen molar-refractivity contribution < 1.29 is 0 Å². The molecule has 3 heteroatoms. The van der Waals surface area contributed by atoms with Crippen LogP contribution >= 0.6 is 0 Å². The van der Waals surface area contributed by atoms with Gasteiger partial charge in [-0.05, 0) is 24.1 Å². The third-order valence-electron chi connectivity index (χ3n) is 3.61. The minimum Gasteiger partial charge on any atom is -0.369 e. The van der Waals surface area contributed by atoms with Crippen LogP contribution < -0.4 is 5.73 Å². The van der Waals surface area contributed by atoms with E-state index < -0.39 is 0 Å². The lowest BCUT2D eigenvalue weighted by Gasteiger charge is -2.33. The highest BCUT2D eigenvalue weighted by Crippen LogP contribution is 2.30. The zero-order valence-corrected chi connectivity index (χ0v) is 11.0. The van der Waals surface area contributed by atoms with Crippen molar-refractivity contribution in [1.82, 2.24) is 4.90 Å². The second kappa shape index (κ2) is 4.76. The Morgan fingerprint density at radius 3 is 2.53 bits per heavy atom. The first-order chi connectivity index (χ1) is 9.25. The highest BCUT2D eigenvalue weighted by Gasteiger charge is 2.22. The van der Waals surface area contributed by atoms with Gasteiger partial charge in [0.2, 0.25) is 0 Å². The predicted molar refractivity (Wildman–Crippen MR) is 78.1 cm³/mol. The minimum atomic E-state index is 0.221. The molecule has 2 aromatic rings. The van der Waals surface area contributed by atoms with Gasteiger partial charge in [-0.15, -0.1) is 0 Å². The number of hydrogen-bond donors (Lipinski definition) is 1. The van der Waals surface area contributed by atoms with Crippen LogP contribution in [0.5, 0.6) is 0 Å². The Balaban J connectivity index is 1.92. The van der Waals surface area contributed by atoms with Crippen LogP contribution in [-0.4, -0.2) is 10.9 Å². The maximum absolute atomic E-state index is 6.11. The molecule has 0 unspecified atom stereocenters. The molecule has 0 saturated carbocycles. The Bertz CT molecular complexity index is 604. The lowest BCUT2D eigenvalue weighted by molar-refractivity contribution is 0.321. The number of nitrogens with zero attached hydrogens (tertiary/aromatic N) is 2. The molecule has 1 heterocycles. The second-order valence-electron chi connectivity index (χ2n) is 4.81. The van der Waals surface area contributed by atoms with E-state index in [9.17, 15) is 0 Å². The van der Waals surface area contributed by atoms with Gasteiger partial charge in [0.25, 0.3) is 0 Å². The summed E-state index contributed by atoms with van der Waals surface area (Å²) in [5.74, 6) is 0.593. The van der Waals surface area contributed by atoms with E-state index in [2.05, 4.69) is 47.1 Å². The van der Waals surface area contributed by atoms with Crippen molar-refractivity contribution >= 4 is 11.6 Å². The van der Waals surface area contributed by atoms with Crippen molar-refractivity contribution in [3.63, 3.8) is 0 Å². The molecule has 3 nitrogen and oxygen atoms in total. The second-order valence-corrected chi connectivity index (χ2v) is 4.81. The summed E-state index contributed by atoms with van der Waals surface area (Å²) in [4.78, 5) is 6.63. The van der Waals surface area contributed by atoms with Crippen LogP contribution in [0, 0.1) is 0 Å². The molecule has 0 aliphatic carbocycles. The van der Waals surface area contributed by atoms with Crippen molar-refractivity contribution in [3.8, 4) is 0 Å². The van der Waals surface area contributed by atoms with Crippen molar-refractivity contribution in [2.45, 2.75) is 19.5 Å². The summed E-state index contributed by atoms with van der Waals surface area (Å²) >= 11 is 0. The predicted octanol–water partition coefficient (Wildman–Crippen LogP) is 3.21. The van der Waals surface area contributed by atoms with E-state index >= 15 is 0 Å². The molecule has 2 aromatic carbocycles. The maximum atomic E-state index is 6.11. The molecule has 0 radical (unpaired) electrons. The van der Waals surface area contributed by atoms with Gasteiger partial charge in [-0.3, -0.25) is 0 Å². The molecule has 96 valence electrons. The van der Waals surface area contributed by atoms with Crippen LogP contribution in [0.2, 0.25) is 0 Å². The Morgan fingerprint density at radius 2 is 1.74 bits per heavy atom. The summed E-state index contributed by atoms with van der Waals surface area (Å²) in [6, 6.07) is 18.7. The molecule has 0 amide bonds. The average Bonchev–Trinajstić information content (AvgIpc) is 2.47. The molecule has 1 atom stereocenters. The van der Waals surface area contributed by atoms with E-state index in [1.807, 2.05) is 24.3 Å². The van der Waals surface area contributed by atoms with Crippen molar-refractivity contribution in [1.29, 1.82) is 0 Å². The van der Waals surface area contributed by atoms with Gasteiger partial charge in [0.1, 0.15) is 0 Å². The lowest BCUT2D eigenvalue weighted by atomic mass is 10.0. The summed E-state index contributed by atoms with van der Waals surface area (Å²) in [6.07, 6.45) is 0. The highest BCUT2D eigenvalue weighted by molar-refractivity contribution is 5.83. The number of fused-ring (bicyclic) bond motifs is 1. The molecule has 1 aliphatic heterocycles. The summed E-state index contributed by atoms with van der Waals surface area (Å²) in [5.41, 5.74) is 9.56. The SMILES string of the molecule is C[C@H](c1ccccc1)N1Cc2ccccc2N=C1N. The fourth-order valence-electron chi connectivity index (χ4n) is 2.45. The third-order valence-corrected chi connectivity index (χ3v) is 3.61. The molecule has 0 fully saturated rings. The lowest BCUT2D eigenvalue weighted by Crippen LogP contribution is -2.40. The molecule has 19 heavy (non-hydrogen) atoms. The van der Waals surface area contributed by atoms with E-state index in [4.69, 9.17) is 5.73 Å². The van der Waals surface area contributed by atoms with Crippen LogP contribution in [0.15, 0.2) is 59.6 Å². The van der Waals surface area contributed by atoms with Gasteiger partial charge in [-0.2, -0.15) is 0 Å².